The van der Waals surface area contributed by atoms with Crippen molar-refractivity contribution >= 4 is 10.0 Å². The molecule has 5 heteroatoms. The zero-order chi connectivity index (χ0) is 15.5. The highest BCUT2D eigenvalue weighted by Gasteiger charge is 2.40. The minimum absolute atomic E-state index is 0.275. The predicted octanol–water partition coefficient (Wildman–Crippen LogP) is 2.40. The van der Waals surface area contributed by atoms with Crippen LogP contribution >= 0.6 is 0 Å². The first-order valence-electron chi connectivity index (χ1n) is 7.70. The summed E-state index contributed by atoms with van der Waals surface area (Å²) in [5.74, 6) is 0. The largest absolute Gasteiger partial charge is 0.317 e. The molecule has 1 aliphatic heterocycles. The van der Waals surface area contributed by atoms with Gasteiger partial charge in [-0.05, 0) is 63.9 Å². The Kier molecular flexibility index (Phi) is 5.07. The van der Waals surface area contributed by atoms with E-state index in [1.165, 1.54) is 0 Å². The van der Waals surface area contributed by atoms with Crippen LogP contribution in [0.4, 0.5) is 0 Å². The smallest absolute Gasteiger partial charge is 0.243 e. The molecule has 0 bridgehead atoms. The summed E-state index contributed by atoms with van der Waals surface area (Å²) < 4.78 is 27.1. The average Bonchev–Trinajstić information content (AvgIpc) is 2.80. The number of benzene rings is 1. The predicted molar refractivity (Wildman–Crippen MR) is 85.9 cm³/mol. The van der Waals surface area contributed by atoms with Crippen molar-refractivity contribution in [3.63, 3.8) is 0 Å². The third-order valence-electron chi connectivity index (χ3n) is 4.18. The summed E-state index contributed by atoms with van der Waals surface area (Å²) in [6.45, 7) is 8.58. The summed E-state index contributed by atoms with van der Waals surface area (Å²) >= 11 is 0. The fourth-order valence-electron chi connectivity index (χ4n) is 2.89. The first kappa shape index (κ1) is 16.5. The molecule has 1 aromatic rings. The Morgan fingerprint density at radius 3 is 2.43 bits per heavy atom. The van der Waals surface area contributed by atoms with Gasteiger partial charge in [-0.25, -0.2) is 8.42 Å². The van der Waals surface area contributed by atoms with E-state index in [1.807, 2.05) is 26.0 Å². The van der Waals surface area contributed by atoms with Crippen molar-refractivity contribution < 1.29 is 8.42 Å². The molecule has 0 spiro atoms. The number of hydrogen-bond acceptors (Lipinski definition) is 3. The number of nitrogens with zero attached hydrogens (tertiary/aromatic N) is 1. The summed E-state index contributed by atoms with van der Waals surface area (Å²) in [6.07, 6.45) is 2.78. The summed E-state index contributed by atoms with van der Waals surface area (Å²) in [5.41, 5.74) is 0.887. The van der Waals surface area contributed by atoms with E-state index in [1.54, 1.807) is 16.4 Å². The minimum atomic E-state index is -3.37. The number of rotatable bonds is 6. The van der Waals surface area contributed by atoms with E-state index >= 15 is 0 Å². The molecule has 0 unspecified atom stereocenters. The lowest BCUT2D eigenvalue weighted by Crippen LogP contribution is -2.42. The van der Waals surface area contributed by atoms with E-state index in [-0.39, 0.29) is 5.54 Å². The molecule has 1 heterocycles. The van der Waals surface area contributed by atoms with Gasteiger partial charge in [0.25, 0.3) is 0 Å². The molecule has 0 aromatic heterocycles. The van der Waals surface area contributed by atoms with Gasteiger partial charge in [-0.2, -0.15) is 4.31 Å². The average molecular weight is 310 g/mol. The Balaban J connectivity index is 2.14. The van der Waals surface area contributed by atoms with E-state index in [0.717, 1.165) is 37.9 Å². The number of nitrogens with one attached hydrogen (secondary N) is 1. The molecule has 21 heavy (non-hydrogen) atoms. The van der Waals surface area contributed by atoms with Gasteiger partial charge in [0.1, 0.15) is 0 Å². The highest BCUT2D eigenvalue weighted by molar-refractivity contribution is 7.89. The number of likely N-dealkylation sites (N-methyl/N-ethyl adjacent to an activating group) is 1. The van der Waals surface area contributed by atoms with Crippen LogP contribution in [0.5, 0.6) is 0 Å². The lowest BCUT2D eigenvalue weighted by atomic mass is 10.0. The monoisotopic (exact) mass is 310 g/mol. The van der Waals surface area contributed by atoms with Crippen LogP contribution < -0.4 is 5.32 Å². The van der Waals surface area contributed by atoms with Crippen molar-refractivity contribution in [3.8, 4) is 0 Å². The van der Waals surface area contributed by atoms with E-state index in [0.29, 0.717) is 11.4 Å². The van der Waals surface area contributed by atoms with Crippen molar-refractivity contribution in [3.05, 3.63) is 29.8 Å². The molecule has 0 amide bonds. The standard InChI is InChI=1S/C16H26N2O2S/c1-4-17-12-10-14-6-8-15(9-7-14)21(19,20)18-13-5-11-16(18,2)3/h6-9,17H,4-5,10-13H2,1-3H3. The molecule has 1 aliphatic rings. The third-order valence-corrected chi connectivity index (χ3v) is 6.30. The van der Waals surface area contributed by atoms with E-state index in [2.05, 4.69) is 12.2 Å². The van der Waals surface area contributed by atoms with Crippen molar-refractivity contribution in [2.75, 3.05) is 19.6 Å². The Bertz CT molecular complexity index is 564. The topological polar surface area (TPSA) is 49.4 Å². The van der Waals surface area contributed by atoms with Gasteiger partial charge < -0.3 is 5.32 Å². The van der Waals surface area contributed by atoms with Gasteiger partial charge >= 0.3 is 0 Å². The molecular weight excluding hydrogens is 284 g/mol. The fraction of sp³-hybridized carbons (Fsp3) is 0.625. The van der Waals surface area contributed by atoms with Crippen molar-refractivity contribution in [1.82, 2.24) is 9.62 Å². The first-order chi connectivity index (χ1) is 9.88. The molecular formula is C16H26N2O2S. The zero-order valence-electron chi connectivity index (χ0n) is 13.2. The lowest BCUT2D eigenvalue weighted by molar-refractivity contribution is 0.291. The van der Waals surface area contributed by atoms with Gasteiger partial charge in [-0.1, -0.05) is 19.1 Å². The minimum Gasteiger partial charge on any atom is -0.317 e. The molecule has 1 N–H and O–H groups in total. The molecule has 0 atom stereocenters. The fourth-order valence-corrected chi connectivity index (χ4v) is 4.74. The molecule has 118 valence electrons. The van der Waals surface area contributed by atoms with E-state index in [9.17, 15) is 8.42 Å². The normalized spacial score (nSPS) is 19.0. The molecule has 1 fully saturated rings. The van der Waals surface area contributed by atoms with Gasteiger partial charge in [0.2, 0.25) is 10.0 Å². The van der Waals surface area contributed by atoms with Gasteiger partial charge in [-0.3, -0.25) is 0 Å². The van der Waals surface area contributed by atoms with Crippen LogP contribution in [0.3, 0.4) is 0 Å². The van der Waals surface area contributed by atoms with Crippen LogP contribution in [0.2, 0.25) is 0 Å². The Morgan fingerprint density at radius 1 is 1.24 bits per heavy atom. The first-order valence-corrected chi connectivity index (χ1v) is 9.14. The van der Waals surface area contributed by atoms with Crippen LogP contribution in [0.1, 0.15) is 39.2 Å². The second-order valence-electron chi connectivity index (χ2n) is 6.24. The van der Waals surface area contributed by atoms with Gasteiger partial charge in [0.05, 0.1) is 4.90 Å². The van der Waals surface area contributed by atoms with Crippen molar-refractivity contribution in [1.29, 1.82) is 0 Å². The molecule has 1 saturated heterocycles. The molecule has 4 nitrogen and oxygen atoms in total. The van der Waals surface area contributed by atoms with E-state index in [4.69, 9.17) is 0 Å². The molecule has 0 saturated carbocycles. The molecule has 0 radical (unpaired) electrons. The van der Waals surface area contributed by atoms with Crippen molar-refractivity contribution in [2.24, 2.45) is 0 Å². The van der Waals surface area contributed by atoms with E-state index < -0.39 is 10.0 Å². The lowest BCUT2D eigenvalue weighted by Gasteiger charge is -2.30. The molecule has 0 aliphatic carbocycles. The van der Waals surface area contributed by atoms with Gasteiger partial charge in [-0.15, -0.1) is 0 Å². The Labute approximate surface area is 128 Å². The quantitative estimate of drug-likeness (QED) is 0.821. The molecule has 2 rings (SSSR count). The second-order valence-corrected chi connectivity index (χ2v) is 8.10. The Hall–Kier alpha value is -0.910. The number of hydrogen-bond donors (Lipinski definition) is 1. The maximum atomic E-state index is 12.7. The second kappa shape index (κ2) is 6.46. The summed E-state index contributed by atoms with van der Waals surface area (Å²) in [7, 11) is -3.37. The van der Waals surface area contributed by atoms with Crippen molar-refractivity contribution in [2.45, 2.75) is 50.5 Å². The summed E-state index contributed by atoms with van der Waals surface area (Å²) in [6, 6.07) is 7.33. The van der Waals surface area contributed by atoms with Crippen LogP contribution in [-0.4, -0.2) is 37.9 Å². The van der Waals surface area contributed by atoms with Gasteiger partial charge in [0.15, 0.2) is 0 Å². The number of sulfonamides is 1. The van der Waals surface area contributed by atoms with Crippen LogP contribution in [0.15, 0.2) is 29.2 Å². The van der Waals surface area contributed by atoms with Crippen LogP contribution in [0, 0.1) is 0 Å². The molecule has 1 aromatic carbocycles. The summed E-state index contributed by atoms with van der Waals surface area (Å²) in [4.78, 5) is 0.407. The van der Waals surface area contributed by atoms with Gasteiger partial charge in [0, 0.05) is 12.1 Å². The highest BCUT2D eigenvalue weighted by atomic mass is 32.2. The maximum absolute atomic E-state index is 12.7. The zero-order valence-corrected chi connectivity index (χ0v) is 14.0. The highest BCUT2D eigenvalue weighted by Crippen LogP contribution is 2.33. The van der Waals surface area contributed by atoms with Crippen LogP contribution in [-0.2, 0) is 16.4 Å². The maximum Gasteiger partial charge on any atom is 0.243 e. The SMILES string of the molecule is CCNCCc1ccc(S(=O)(=O)N2CCCC2(C)C)cc1. The summed E-state index contributed by atoms with van der Waals surface area (Å²) in [5, 5.41) is 3.27. The Morgan fingerprint density at radius 2 is 1.90 bits per heavy atom. The third kappa shape index (κ3) is 3.65. The van der Waals surface area contributed by atoms with Crippen LogP contribution in [0.25, 0.3) is 0 Å².